The SMILES string of the molecule is COc1cccc2cc(C(=O)N3CCN(c4c(C)n[nH]c4C)CC3)c(=O)oc12. The quantitative estimate of drug-likeness (QED) is 0.698. The summed E-state index contributed by atoms with van der Waals surface area (Å²) in [5.74, 6) is 0.159. The molecule has 3 aromatic rings. The van der Waals surface area contributed by atoms with Gasteiger partial charge in [-0.15, -0.1) is 0 Å². The molecule has 8 nitrogen and oxygen atoms in total. The van der Waals surface area contributed by atoms with Crippen molar-refractivity contribution in [2.24, 2.45) is 0 Å². The molecule has 2 aromatic heterocycles. The number of amides is 1. The Morgan fingerprint density at radius 1 is 1.21 bits per heavy atom. The van der Waals surface area contributed by atoms with Gasteiger partial charge in [-0.3, -0.25) is 9.89 Å². The molecule has 0 atom stereocenters. The Kier molecular flexibility index (Phi) is 4.54. The topological polar surface area (TPSA) is 91.7 Å². The highest BCUT2D eigenvalue weighted by Gasteiger charge is 2.27. The maximum absolute atomic E-state index is 12.9. The number of fused-ring (bicyclic) bond motifs is 1. The number of hydrogen-bond donors (Lipinski definition) is 1. The highest BCUT2D eigenvalue weighted by atomic mass is 16.5. The van der Waals surface area contributed by atoms with E-state index >= 15 is 0 Å². The van der Waals surface area contributed by atoms with Crippen LogP contribution in [0.2, 0.25) is 0 Å². The summed E-state index contributed by atoms with van der Waals surface area (Å²) in [5.41, 5.74) is 2.80. The molecular formula is C20H22N4O4. The Balaban J connectivity index is 1.56. The standard InChI is InChI=1S/C20H22N4O4/c1-12-17(13(2)22-21-12)23-7-9-24(10-8-23)19(25)15-11-14-5-4-6-16(27-3)18(14)28-20(15)26/h4-6,11H,7-10H2,1-3H3,(H,21,22). The van der Waals surface area contributed by atoms with E-state index in [4.69, 9.17) is 9.15 Å². The molecule has 1 N–H and O–H groups in total. The normalized spacial score (nSPS) is 14.5. The number of aromatic amines is 1. The molecule has 0 spiro atoms. The number of nitrogens with zero attached hydrogens (tertiary/aromatic N) is 3. The smallest absolute Gasteiger partial charge is 0.349 e. The van der Waals surface area contributed by atoms with Crippen LogP contribution in [0.5, 0.6) is 5.75 Å². The fourth-order valence-corrected chi connectivity index (χ4v) is 3.74. The molecule has 0 saturated carbocycles. The summed E-state index contributed by atoms with van der Waals surface area (Å²) < 4.78 is 10.6. The highest BCUT2D eigenvalue weighted by molar-refractivity contribution is 5.97. The highest BCUT2D eigenvalue weighted by Crippen LogP contribution is 2.26. The summed E-state index contributed by atoms with van der Waals surface area (Å²) in [6, 6.07) is 6.89. The fourth-order valence-electron chi connectivity index (χ4n) is 3.74. The summed E-state index contributed by atoms with van der Waals surface area (Å²) in [5, 5.41) is 7.89. The van der Waals surface area contributed by atoms with Gasteiger partial charge in [0.05, 0.1) is 24.2 Å². The van der Waals surface area contributed by atoms with E-state index in [2.05, 4.69) is 15.1 Å². The summed E-state index contributed by atoms with van der Waals surface area (Å²) in [4.78, 5) is 29.3. The van der Waals surface area contributed by atoms with Gasteiger partial charge in [0.25, 0.3) is 5.91 Å². The first kappa shape index (κ1) is 18.1. The second kappa shape index (κ2) is 7.03. The Hall–Kier alpha value is -3.29. The molecule has 1 saturated heterocycles. The molecule has 3 heterocycles. The number of aryl methyl sites for hydroxylation is 2. The molecule has 1 amide bonds. The van der Waals surface area contributed by atoms with E-state index in [-0.39, 0.29) is 11.5 Å². The molecule has 8 heteroatoms. The van der Waals surface area contributed by atoms with Crippen LogP contribution in [0, 0.1) is 13.8 Å². The number of nitrogens with one attached hydrogen (secondary N) is 1. The number of anilines is 1. The van der Waals surface area contributed by atoms with Crippen LogP contribution < -0.4 is 15.3 Å². The minimum atomic E-state index is -0.647. The van der Waals surface area contributed by atoms with Crippen molar-refractivity contribution in [2.45, 2.75) is 13.8 Å². The van der Waals surface area contributed by atoms with Crippen molar-refractivity contribution in [3.8, 4) is 5.75 Å². The summed E-state index contributed by atoms with van der Waals surface area (Å²) in [6.45, 7) is 6.36. The molecule has 0 radical (unpaired) electrons. The minimum Gasteiger partial charge on any atom is -0.493 e. The number of benzene rings is 1. The molecule has 1 aromatic carbocycles. The largest absolute Gasteiger partial charge is 0.493 e. The van der Waals surface area contributed by atoms with Crippen LogP contribution in [0.15, 0.2) is 33.5 Å². The van der Waals surface area contributed by atoms with E-state index in [1.54, 1.807) is 29.2 Å². The number of methoxy groups -OCH3 is 1. The van der Waals surface area contributed by atoms with Gasteiger partial charge in [-0.25, -0.2) is 4.79 Å². The Morgan fingerprint density at radius 3 is 2.61 bits per heavy atom. The van der Waals surface area contributed by atoms with Gasteiger partial charge >= 0.3 is 5.63 Å². The molecule has 28 heavy (non-hydrogen) atoms. The lowest BCUT2D eigenvalue weighted by molar-refractivity contribution is 0.0742. The molecule has 1 fully saturated rings. The van der Waals surface area contributed by atoms with Crippen molar-refractivity contribution < 1.29 is 13.9 Å². The third-order valence-corrected chi connectivity index (χ3v) is 5.15. The van der Waals surface area contributed by atoms with Gasteiger partial charge < -0.3 is 19.0 Å². The van der Waals surface area contributed by atoms with Crippen molar-refractivity contribution in [1.82, 2.24) is 15.1 Å². The number of ether oxygens (including phenoxy) is 1. The molecule has 0 unspecified atom stereocenters. The zero-order valence-corrected chi connectivity index (χ0v) is 16.1. The predicted octanol–water partition coefficient (Wildman–Crippen LogP) is 2.10. The van der Waals surface area contributed by atoms with Gasteiger partial charge in [0.2, 0.25) is 0 Å². The lowest BCUT2D eigenvalue weighted by Crippen LogP contribution is -2.49. The average Bonchev–Trinajstić information content (AvgIpc) is 3.05. The molecule has 146 valence electrons. The van der Waals surface area contributed by atoms with Crippen LogP contribution >= 0.6 is 0 Å². The summed E-state index contributed by atoms with van der Waals surface area (Å²) in [7, 11) is 1.51. The summed E-state index contributed by atoms with van der Waals surface area (Å²) >= 11 is 0. The van der Waals surface area contributed by atoms with Gasteiger partial charge in [0.1, 0.15) is 5.56 Å². The first-order valence-corrected chi connectivity index (χ1v) is 9.16. The molecule has 1 aliphatic rings. The lowest BCUT2D eigenvalue weighted by Gasteiger charge is -2.36. The van der Waals surface area contributed by atoms with Gasteiger partial charge in [-0.05, 0) is 26.0 Å². The van der Waals surface area contributed by atoms with E-state index in [9.17, 15) is 9.59 Å². The first-order chi connectivity index (χ1) is 13.5. The predicted molar refractivity (Wildman–Crippen MR) is 105 cm³/mol. The third-order valence-electron chi connectivity index (χ3n) is 5.15. The van der Waals surface area contributed by atoms with Crippen LogP contribution in [0.25, 0.3) is 11.0 Å². The number of piperazine rings is 1. The van der Waals surface area contributed by atoms with Crippen molar-refractivity contribution >= 4 is 22.6 Å². The molecule has 4 rings (SSSR count). The number of para-hydroxylation sites is 1. The fraction of sp³-hybridized carbons (Fsp3) is 0.350. The maximum Gasteiger partial charge on any atom is 0.349 e. The molecular weight excluding hydrogens is 360 g/mol. The van der Waals surface area contributed by atoms with E-state index < -0.39 is 5.63 Å². The third kappa shape index (κ3) is 3.00. The monoisotopic (exact) mass is 382 g/mol. The second-order valence-electron chi connectivity index (χ2n) is 6.89. The van der Waals surface area contributed by atoms with Crippen LogP contribution in [0.1, 0.15) is 21.7 Å². The number of carbonyl (C=O) groups is 1. The number of aromatic nitrogens is 2. The van der Waals surface area contributed by atoms with Crippen LogP contribution in [-0.4, -0.2) is 54.3 Å². The van der Waals surface area contributed by atoms with E-state index in [0.29, 0.717) is 42.9 Å². The zero-order chi connectivity index (χ0) is 19.8. The number of hydrogen-bond acceptors (Lipinski definition) is 6. The lowest BCUT2D eigenvalue weighted by atomic mass is 10.1. The maximum atomic E-state index is 12.9. The Labute approximate surface area is 161 Å². The number of H-pyrrole nitrogens is 1. The number of carbonyl (C=O) groups excluding carboxylic acids is 1. The molecule has 1 aliphatic heterocycles. The summed E-state index contributed by atoms with van der Waals surface area (Å²) in [6.07, 6.45) is 0. The van der Waals surface area contributed by atoms with Gasteiger partial charge in [-0.1, -0.05) is 12.1 Å². The average molecular weight is 382 g/mol. The van der Waals surface area contributed by atoms with Gasteiger partial charge in [0, 0.05) is 31.6 Å². The van der Waals surface area contributed by atoms with Crippen LogP contribution in [0.3, 0.4) is 0 Å². The Morgan fingerprint density at radius 2 is 1.96 bits per heavy atom. The van der Waals surface area contributed by atoms with E-state index in [1.165, 1.54) is 7.11 Å². The van der Waals surface area contributed by atoms with E-state index in [1.807, 2.05) is 13.8 Å². The molecule has 0 bridgehead atoms. The van der Waals surface area contributed by atoms with Crippen molar-refractivity contribution in [2.75, 3.05) is 38.2 Å². The van der Waals surface area contributed by atoms with Crippen molar-refractivity contribution in [3.63, 3.8) is 0 Å². The zero-order valence-electron chi connectivity index (χ0n) is 16.1. The van der Waals surface area contributed by atoms with Crippen molar-refractivity contribution in [1.29, 1.82) is 0 Å². The minimum absolute atomic E-state index is 0.0462. The van der Waals surface area contributed by atoms with Gasteiger partial charge in [0.15, 0.2) is 11.3 Å². The van der Waals surface area contributed by atoms with Crippen LogP contribution in [0.4, 0.5) is 5.69 Å². The van der Waals surface area contributed by atoms with Crippen LogP contribution in [-0.2, 0) is 0 Å². The second-order valence-corrected chi connectivity index (χ2v) is 6.89. The molecule has 0 aliphatic carbocycles. The Bertz CT molecular complexity index is 1070. The first-order valence-electron chi connectivity index (χ1n) is 9.16. The van der Waals surface area contributed by atoms with Gasteiger partial charge in [-0.2, -0.15) is 5.10 Å². The van der Waals surface area contributed by atoms with E-state index in [0.717, 1.165) is 17.1 Å². The number of rotatable bonds is 3. The van der Waals surface area contributed by atoms with Crippen molar-refractivity contribution in [3.05, 3.63) is 51.6 Å².